The quantitative estimate of drug-likeness (QED) is 0.340. The molecule has 0 atom stereocenters. The highest BCUT2D eigenvalue weighted by atomic mass is 32.2. The van der Waals surface area contributed by atoms with Crippen LogP contribution in [0.2, 0.25) is 0 Å². The second kappa shape index (κ2) is 9.15. The van der Waals surface area contributed by atoms with Crippen LogP contribution in [-0.2, 0) is 16.3 Å². The Bertz CT molecular complexity index is 1300. The maximum atomic E-state index is 13.6. The van der Waals surface area contributed by atoms with Crippen LogP contribution in [0.25, 0.3) is 10.8 Å². The van der Waals surface area contributed by atoms with Gasteiger partial charge in [-0.05, 0) is 61.2 Å². The van der Waals surface area contributed by atoms with Gasteiger partial charge in [-0.1, -0.05) is 54.1 Å². The van der Waals surface area contributed by atoms with Crippen LogP contribution >= 0.6 is 11.3 Å². The van der Waals surface area contributed by atoms with Crippen LogP contribution in [0.4, 0.5) is 5.88 Å². The van der Waals surface area contributed by atoms with Crippen molar-refractivity contribution >= 4 is 27.1 Å². The summed E-state index contributed by atoms with van der Waals surface area (Å²) in [7, 11) is -3.81. The van der Waals surface area contributed by atoms with Gasteiger partial charge in [-0.25, -0.2) is 8.42 Å². The lowest BCUT2D eigenvalue weighted by atomic mass is 9.90. The number of benzene rings is 2. The van der Waals surface area contributed by atoms with Crippen LogP contribution < -0.4 is 4.90 Å². The Labute approximate surface area is 198 Å². The molecule has 4 aromatic rings. The van der Waals surface area contributed by atoms with E-state index in [1.807, 2.05) is 47.5 Å². The number of hydrogen-bond acceptors (Lipinski definition) is 6. The molecule has 1 saturated heterocycles. The first-order valence-electron chi connectivity index (χ1n) is 11.2. The molecule has 2 aromatic heterocycles. The Morgan fingerprint density at radius 1 is 1.00 bits per heavy atom. The van der Waals surface area contributed by atoms with Gasteiger partial charge in [0.05, 0.1) is 9.77 Å². The Kier molecular flexibility index (Phi) is 6.08. The van der Waals surface area contributed by atoms with Crippen molar-refractivity contribution in [1.82, 2.24) is 4.98 Å². The van der Waals surface area contributed by atoms with Crippen molar-refractivity contribution < 1.29 is 12.8 Å². The van der Waals surface area contributed by atoms with Gasteiger partial charge in [-0.3, -0.25) is 0 Å². The van der Waals surface area contributed by atoms with E-state index >= 15 is 0 Å². The fraction of sp³-hybridized carbons (Fsp3) is 0.269. The average molecular weight is 479 g/mol. The number of aryl methyl sites for hydroxylation is 1. The van der Waals surface area contributed by atoms with Crippen LogP contribution in [0.3, 0.4) is 0 Å². The van der Waals surface area contributed by atoms with Gasteiger partial charge in [0.2, 0.25) is 26.6 Å². The van der Waals surface area contributed by atoms with Crippen LogP contribution in [0.15, 0.2) is 86.4 Å². The Morgan fingerprint density at radius 2 is 1.73 bits per heavy atom. The Balaban J connectivity index is 1.44. The van der Waals surface area contributed by atoms with E-state index in [0.29, 0.717) is 17.7 Å². The summed E-state index contributed by atoms with van der Waals surface area (Å²) >= 11 is 1.49. The number of rotatable bonds is 6. The van der Waals surface area contributed by atoms with Crippen molar-refractivity contribution in [2.24, 2.45) is 5.92 Å². The normalized spacial score (nSPS) is 15.1. The van der Waals surface area contributed by atoms with E-state index in [2.05, 4.69) is 29.2 Å². The molecule has 0 bridgehead atoms. The molecule has 2 aromatic carbocycles. The smallest absolute Gasteiger partial charge is 0.240 e. The first kappa shape index (κ1) is 21.9. The van der Waals surface area contributed by atoms with Crippen LogP contribution in [0.1, 0.15) is 24.0 Å². The maximum Gasteiger partial charge on any atom is 0.240 e. The van der Waals surface area contributed by atoms with Crippen molar-refractivity contribution in [2.45, 2.75) is 36.1 Å². The molecule has 1 aliphatic heterocycles. The second-order valence-corrected chi connectivity index (χ2v) is 11.4. The molecule has 0 amide bonds. The Hall–Kier alpha value is -2.90. The van der Waals surface area contributed by atoms with Crippen molar-refractivity contribution in [3.05, 3.63) is 83.2 Å². The summed E-state index contributed by atoms with van der Waals surface area (Å²) in [5.74, 6) is 1.29. The van der Waals surface area contributed by atoms with E-state index in [1.165, 1.54) is 16.9 Å². The van der Waals surface area contributed by atoms with Gasteiger partial charge in [0.25, 0.3) is 0 Å². The van der Waals surface area contributed by atoms with Gasteiger partial charge in [-0.15, -0.1) is 11.3 Å². The predicted molar refractivity (Wildman–Crippen MR) is 132 cm³/mol. The first-order valence-corrected chi connectivity index (χ1v) is 13.5. The summed E-state index contributed by atoms with van der Waals surface area (Å²) in [4.78, 5) is 7.60. The van der Waals surface area contributed by atoms with E-state index in [0.717, 1.165) is 42.8 Å². The van der Waals surface area contributed by atoms with Crippen molar-refractivity contribution in [3.8, 4) is 10.8 Å². The zero-order valence-electron chi connectivity index (χ0n) is 18.5. The lowest BCUT2D eigenvalue weighted by Gasteiger charge is -2.32. The van der Waals surface area contributed by atoms with E-state index in [9.17, 15) is 8.42 Å². The largest absolute Gasteiger partial charge is 0.418 e. The number of hydrogen-bond donors (Lipinski definition) is 0. The number of thiophene rings is 1. The van der Waals surface area contributed by atoms with Crippen molar-refractivity contribution in [1.29, 1.82) is 0 Å². The molecule has 0 unspecified atom stereocenters. The highest BCUT2D eigenvalue weighted by Crippen LogP contribution is 2.37. The van der Waals surface area contributed by atoms with Gasteiger partial charge in [0.15, 0.2) is 0 Å². The summed E-state index contributed by atoms with van der Waals surface area (Å²) in [6, 6.07) is 21.2. The zero-order valence-corrected chi connectivity index (χ0v) is 20.1. The average Bonchev–Trinajstić information content (AvgIpc) is 3.51. The minimum atomic E-state index is -3.81. The lowest BCUT2D eigenvalue weighted by molar-refractivity contribution is 0.388. The summed E-state index contributed by atoms with van der Waals surface area (Å²) in [5.41, 5.74) is 2.35. The van der Waals surface area contributed by atoms with Crippen LogP contribution in [-0.4, -0.2) is 26.5 Å². The summed E-state index contributed by atoms with van der Waals surface area (Å²) in [6.45, 7) is 3.42. The monoisotopic (exact) mass is 478 g/mol. The molecule has 0 spiro atoms. The summed E-state index contributed by atoms with van der Waals surface area (Å²) < 4.78 is 33.2. The van der Waals surface area contributed by atoms with Gasteiger partial charge < -0.3 is 9.32 Å². The van der Waals surface area contributed by atoms with Crippen molar-refractivity contribution in [3.63, 3.8) is 0 Å². The molecule has 0 N–H and O–H groups in total. The minimum Gasteiger partial charge on any atom is -0.418 e. The molecule has 1 fully saturated rings. The molecule has 1 aliphatic rings. The fourth-order valence-electron chi connectivity index (χ4n) is 4.30. The lowest BCUT2D eigenvalue weighted by Crippen LogP contribution is -2.34. The van der Waals surface area contributed by atoms with Crippen molar-refractivity contribution in [2.75, 3.05) is 18.0 Å². The van der Waals surface area contributed by atoms with Crippen LogP contribution in [0.5, 0.6) is 0 Å². The van der Waals surface area contributed by atoms with E-state index in [1.54, 1.807) is 12.1 Å². The number of oxazole rings is 1. The second-order valence-electron chi connectivity index (χ2n) is 8.54. The van der Waals surface area contributed by atoms with E-state index in [-0.39, 0.29) is 9.92 Å². The van der Waals surface area contributed by atoms with E-state index < -0.39 is 9.84 Å². The molecule has 0 aliphatic carbocycles. The van der Waals surface area contributed by atoms with E-state index in [4.69, 9.17) is 4.42 Å². The number of sulfone groups is 1. The predicted octanol–water partition coefficient (Wildman–Crippen LogP) is 6.00. The molecule has 5 nitrogen and oxygen atoms in total. The summed E-state index contributed by atoms with van der Waals surface area (Å²) in [5, 5.41) is 1.94. The van der Waals surface area contributed by atoms with Gasteiger partial charge >= 0.3 is 0 Å². The van der Waals surface area contributed by atoms with Gasteiger partial charge in [-0.2, -0.15) is 4.98 Å². The standard InChI is InChI=1S/C26H26N2O3S2/c1-19-9-11-22(12-10-19)33(29,30)25-26(31-24(27-25)23-8-5-17-32-23)28-15-13-21(14-16-28)18-20-6-3-2-4-7-20/h2-12,17,21H,13-16,18H2,1H3. The molecule has 5 rings (SSSR count). The third-order valence-corrected chi connectivity index (χ3v) is 8.69. The molecule has 3 heterocycles. The molecule has 0 saturated carbocycles. The molecular formula is C26H26N2O3S2. The molecular weight excluding hydrogens is 452 g/mol. The minimum absolute atomic E-state index is 0.0104. The molecule has 33 heavy (non-hydrogen) atoms. The highest BCUT2D eigenvalue weighted by Gasteiger charge is 2.33. The SMILES string of the molecule is Cc1ccc(S(=O)(=O)c2nc(-c3cccs3)oc2N2CCC(Cc3ccccc3)CC2)cc1. The molecule has 0 radical (unpaired) electrons. The van der Waals surface area contributed by atoms with Gasteiger partial charge in [0.1, 0.15) is 0 Å². The first-order chi connectivity index (χ1) is 16.0. The molecule has 170 valence electrons. The third kappa shape index (κ3) is 4.61. The number of nitrogens with zero attached hydrogens (tertiary/aromatic N) is 2. The maximum absolute atomic E-state index is 13.6. The number of anilines is 1. The zero-order chi connectivity index (χ0) is 22.8. The summed E-state index contributed by atoms with van der Waals surface area (Å²) in [6.07, 6.45) is 3.00. The topological polar surface area (TPSA) is 63.4 Å². The Morgan fingerprint density at radius 3 is 2.39 bits per heavy atom. The number of piperidine rings is 1. The van der Waals surface area contributed by atoms with Gasteiger partial charge in [0, 0.05) is 13.1 Å². The fourth-order valence-corrected chi connectivity index (χ4v) is 6.27. The third-order valence-electron chi connectivity index (χ3n) is 6.17. The molecule has 7 heteroatoms. The number of aromatic nitrogens is 1. The van der Waals surface area contributed by atoms with Crippen LogP contribution in [0, 0.1) is 12.8 Å². The highest BCUT2D eigenvalue weighted by molar-refractivity contribution is 7.91.